The highest BCUT2D eigenvalue weighted by Crippen LogP contribution is 2.28. The first kappa shape index (κ1) is 9.72. The van der Waals surface area contributed by atoms with Gasteiger partial charge in [0.2, 0.25) is 0 Å². The maximum absolute atomic E-state index is 6.01. The van der Waals surface area contributed by atoms with E-state index in [1.165, 1.54) is 42.4 Å². The van der Waals surface area contributed by atoms with Gasteiger partial charge in [-0.25, -0.2) is 0 Å². The van der Waals surface area contributed by atoms with Gasteiger partial charge in [0.15, 0.2) is 0 Å². The molecule has 0 heterocycles. The second-order valence-corrected chi connectivity index (χ2v) is 4.49. The molecular formula is C13H19N. The summed E-state index contributed by atoms with van der Waals surface area (Å²) in [4.78, 5) is 0. The minimum Gasteiger partial charge on any atom is -0.324 e. The number of benzene rings is 1. The summed E-state index contributed by atoms with van der Waals surface area (Å²) in [5.74, 6) is 0. The van der Waals surface area contributed by atoms with E-state index in [2.05, 4.69) is 26.0 Å². The second-order valence-electron chi connectivity index (χ2n) is 4.49. The van der Waals surface area contributed by atoms with Gasteiger partial charge >= 0.3 is 0 Å². The Morgan fingerprint density at radius 1 is 1.21 bits per heavy atom. The number of fused-ring (bicyclic) bond motifs is 1. The van der Waals surface area contributed by atoms with Gasteiger partial charge < -0.3 is 5.73 Å². The van der Waals surface area contributed by atoms with Gasteiger partial charge in [-0.2, -0.15) is 0 Å². The van der Waals surface area contributed by atoms with Gasteiger partial charge in [0, 0.05) is 6.04 Å². The minimum absolute atomic E-state index is 0.182. The number of nitrogens with two attached hydrogens (primary N) is 1. The fourth-order valence-electron chi connectivity index (χ4n) is 2.47. The highest BCUT2D eigenvalue weighted by atomic mass is 14.6. The molecule has 0 unspecified atom stereocenters. The summed E-state index contributed by atoms with van der Waals surface area (Å²) in [6.45, 7) is 4.25. The van der Waals surface area contributed by atoms with E-state index in [0.29, 0.717) is 0 Å². The molecule has 0 aromatic heterocycles. The molecule has 2 rings (SSSR count). The van der Waals surface area contributed by atoms with E-state index in [4.69, 9.17) is 5.73 Å². The van der Waals surface area contributed by atoms with E-state index in [-0.39, 0.29) is 6.04 Å². The van der Waals surface area contributed by atoms with Crippen molar-refractivity contribution < 1.29 is 0 Å². The molecule has 76 valence electrons. The van der Waals surface area contributed by atoms with Gasteiger partial charge in [-0.1, -0.05) is 17.7 Å². The molecule has 1 aliphatic rings. The van der Waals surface area contributed by atoms with Crippen LogP contribution < -0.4 is 5.73 Å². The molecule has 1 atom stereocenters. The van der Waals surface area contributed by atoms with E-state index in [0.717, 1.165) is 0 Å². The maximum atomic E-state index is 6.01. The molecule has 0 amide bonds. The molecule has 0 saturated carbocycles. The smallest absolute Gasteiger partial charge is 0.0269 e. The predicted molar refractivity (Wildman–Crippen MR) is 60.4 cm³/mol. The van der Waals surface area contributed by atoms with Crippen LogP contribution in [0.2, 0.25) is 0 Å². The SMILES string of the molecule is Cc1cc2c(c([C@@H](C)N)c1)CCCC2. The summed E-state index contributed by atoms with van der Waals surface area (Å²) < 4.78 is 0. The fraction of sp³-hybridized carbons (Fsp3) is 0.538. The quantitative estimate of drug-likeness (QED) is 0.722. The van der Waals surface area contributed by atoms with Crippen LogP contribution in [0.25, 0.3) is 0 Å². The third-order valence-electron chi connectivity index (χ3n) is 3.13. The first-order valence-electron chi connectivity index (χ1n) is 5.56. The Labute approximate surface area is 86.3 Å². The molecule has 0 saturated heterocycles. The molecule has 0 fully saturated rings. The lowest BCUT2D eigenvalue weighted by Crippen LogP contribution is -2.13. The number of aryl methyl sites for hydroxylation is 2. The van der Waals surface area contributed by atoms with Gasteiger partial charge in [0.05, 0.1) is 0 Å². The van der Waals surface area contributed by atoms with E-state index in [1.54, 1.807) is 5.56 Å². The van der Waals surface area contributed by atoms with E-state index < -0.39 is 0 Å². The number of hydrogen-bond acceptors (Lipinski definition) is 1. The summed E-state index contributed by atoms with van der Waals surface area (Å²) in [5.41, 5.74) is 11.8. The topological polar surface area (TPSA) is 26.0 Å². The van der Waals surface area contributed by atoms with Crippen LogP contribution in [0, 0.1) is 6.92 Å². The van der Waals surface area contributed by atoms with Crippen LogP contribution in [-0.2, 0) is 12.8 Å². The van der Waals surface area contributed by atoms with Crippen molar-refractivity contribution in [3.8, 4) is 0 Å². The van der Waals surface area contributed by atoms with Crippen molar-refractivity contribution in [1.82, 2.24) is 0 Å². The zero-order chi connectivity index (χ0) is 10.1. The average molecular weight is 189 g/mol. The van der Waals surface area contributed by atoms with Crippen molar-refractivity contribution in [3.05, 3.63) is 34.4 Å². The summed E-state index contributed by atoms with van der Waals surface area (Å²) in [6, 6.07) is 4.77. The first-order chi connectivity index (χ1) is 6.68. The molecule has 14 heavy (non-hydrogen) atoms. The van der Waals surface area contributed by atoms with Crippen molar-refractivity contribution in [3.63, 3.8) is 0 Å². The lowest BCUT2D eigenvalue weighted by Gasteiger charge is -2.22. The third-order valence-corrected chi connectivity index (χ3v) is 3.13. The fourth-order valence-corrected chi connectivity index (χ4v) is 2.47. The summed E-state index contributed by atoms with van der Waals surface area (Å²) in [7, 11) is 0. The van der Waals surface area contributed by atoms with Crippen LogP contribution in [0.5, 0.6) is 0 Å². The molecular weight excluding hydrogens is 170 g/mol. The molecule has 1 aliphatic carbocycles. The molecule has 0 radical (unpaired) electrons. The van der Waals surface area contributed by atoms with Gasteiger partial charge in [-0.3, -0.25) is 0 Å². The maximum Gasteiger partial charge on any atom is 0.0269 e. The van der Waals surface area contributed by atoms with Crippen LogP contribution in [0.4, 0.5) is 0 Å². The molecule has 2 N–H and O–H groups in total. The van der Waals surface area contributed by atoms with Crippen molar-refractivity contribution in [2.24, 2.45) is 5.73 Å². The van der Waals surface area contributed by atoms with E-state index in [9.17, 15) is 0 Å². The highest BCUT2D eigenvalue weighted by molar-refractivity contribution is 5.41. The van der Waals surface area contributed by atoms with Crippen molar-refractivity contribution in [1.29, 1.82) is 0 Å². The minimum atomic E-state index is 0.182. The molecule has 1 aromatic rings. The van der Waals surface area contributed by atoms with Crippen LogP contribution in [0.3, 0.4) is 0 Å². The van der Waals surface area contributed by atoms with Crippen molar-refractivity contribution in [2.45, 2.75) is 45.6 Å². The van der Waals surface area contributed by atoms with Crippen LogP contribution in [0.1, 0.15) is 48.1 Å². The predicted octanol–water partition coefficient (Wildman–Crippen LogP) is 2.89. The van der Waals surface area contributed by atoms with Gasteiger partial charge in [0.1, 0.15) is 0 Å². The Balaban J connectivity index is 2.52. The normalized spacial score (nSPS) is 17.6. The zero-order valence-corrected chi connectivity index (χ0v) is 9.14. The Morgan fingerprint density at radius 2 is 1.93 bits per heavy atom. The van der Waals surface area contributed by atoms with Gasteiger partial charge in [-0.05, 0) is 56.2 Å². The van der Waals surface area contributed by atoms with Crippen LogP contribution in [0.15, 0.2) is 12.1 Å². The molecule has 0 spiro atoms. The molecule has 1 nitrogen and oxygen atoms in total. The van der Waals surface area contributed by atoms with E-state index >= 15 is 0 Å². The summed E-state index contributed by atoms with van der Waals surface area (Å²) >= 11 is 0. The molecule has 1 heteroatoms. The Hall–Kier alpha value is -0.820. The highest BCUT2D eigenvalue weighted by Gasteiger charge is 2.15. The summed E-state index contributed by atoms with van der Waals surface area (Å²) in [5, 5.41) is 0. The largest absolute Gasteiger partial charge is 0.324 e. The summed E-state index contributed by atoms with van der Waals surface area (Å²) in [6.07, 6.45) is 5.15. The third kappa shape index (κ3) is 1.69. The Bertz CT molecular complexity index is 339. The standard InChI is InChI=1S/C13H19N/c1-9-7-11-5-3-4-6-12(11)13(8-9)10(2)14/h7-8,10H,3-6,14H2,1-2H3/t10-/m1/s1. The zero-order valence-electron chi connectivity index (χ0n) is 9.14. The monoisotopic (exact) mass is 189 g/mol. The Kier molecular flexibility index (Phi) is 2.60. The molecule has 0 aliphatic heterocycles. The van der Waals surface area contributed by atoms with Crippen LogP contribution >= 0.6 is 0 Å². The van der Waals surface area contributed by atoms with Crippen molar-refractivity contribution in [2.75, 3.05) is 0 Å². The first-order valence-corrected chi connectivity index (χ1v) is 5.56. The average Bonchev–Trinajstić information content (AvgIpc) is 2.16. The number of rotatable bonds is 1. The van der Waals surface area contributed by atoms with Gasteiger partial charge in [0.25, 0.3) is 0 Å². The second kappa shape index (κ2) is 3.74. The van der Waals surface area contributed by atoms with Gasteiger partial charge in [-0.15, -0.1) is 0 Å². The van der Waals surface area contributed by atoms with E-state index in [1.807, 2.05) is 0 Å². The van der Waals surface area contributed by atoms with Crippen LogP contribution in [-0.4, -0.2) is 0 Å². The Morgan fingerprint density at radius 3 is 2.64 bits per heavy atom. The molecule has 1 aromatic carbocycles. The lowest BCUT2D eigenvalue weighted by molar-refractivity contribution is 0.665. The van der Waals surface area contributed by atoms with Crippen molar-refractivity contribution >= 4 is 0 Å². The number of hydrogen-bond donors (Lipinski definition) is 1. The molecule has 0 bridgehead atoms. The lowest BCUT2D eigenvalue weighted by atomic mass is 9.85.